The van der Waals surface area contributed by atoms with Gasteiger partial charge in [0.05, 0.1) is 22.6 Å². The molecule has 0 radical (unpaired) electrons. The fourth-order valence-corrected chi connectivity index (χ4v) is 5.49. The molecule has 7 nitrogen and oxygen atoms in total. The van der Waals surface area contributed by atoms with Crippen LogP contribution in [0.25, 0.3) is 0 Å². The number of amides is 3. The van der Waals surface area contributed by atoms with Crippen LogP contribution in [-0.4, -0.2) is 63.3 Å². The monoisotopic (exact) mass is 402 g/mol. The number of imide groups is 1. The normalized spacial score (nSPS) is 26.0. The summed E-state index contributed by atoms with van der Waals surface area (Å²) in [5.41, 5.74) is 0.881. The van der Waals surface area contributed by atoms with Crippen LogP contribution in [0, 0.1) is 0 Å². The van der Waals surface area contributed by atoms with Gasteiger partial charge in [0, 0.05) is 18.7 Å². The first kappa shape index (κ1) is 19.0. The quantitative estimate of drug-likeness (QED) is 0.411. The maximum Gasteiger partial charge on any atom is 0.329 e. The predicted molar refractivity (Wildman–Crippen MR) is 103 cm³/mol. The molecule has 0 spiro atoms. The Kier molecular flexibility index (Phi) is 4.91. The molecule has 28 heavy (non-hydrogen) atoms. The summed E-state index contributed by atoms with van der Waals surface area (Å²) >= 11 is 1.63. The van der Waals surface area contributed by atoms with Crippen molar-refractivity contribution in [3.05, 3.63) is 35.4 Å². The van der Waals surface area contributed by atoms with E-state index in [1.807, 2.05) is 6.92 Å². The van der Waals surface area contributed by atoms with Gasteiger partial charge in [-0.1, -0.05) is 12.1 Å². The Bertz CT molecular complexity index is 822. The highest BCUT2D eigenvalue weighted by Crippen LogP contribution is 2.47. The minimum atomic E-state index is -0.513. The first-order chi connectivity index (χ1) is 13.4. The van der Waals surface area contributed by atoms with Crippen LogP contribution in [0.1, 0.15) is 53.3 Å². The first-order valence-electron chi connectivity index (χ1n) is 9.50. The van der Waals surface area contributed by atoms with Gasteiger partial charge in [-0.25, -0.2) is 4.79 Å². The molecule has 2 fully saturated rings. The average Bonchev–Trinajstić information content (AvgIpc) is 3.27. The number of nitrogens with zero attached hydrogens (tertiary/aromatic N) is 2. The highest BCUT2D eigenvalue weighted by Gasteiger charge is 2.53. The van der Waals surface area contributed by atoms with E-state index in [0.717, 1.165) is 6.42 Å². The summed E-state index contributed by atoms with van der Waals surface area (Å²) in [6.45, 7) is 2.51. The largest absolute Gasteiger partial charge is 0.464 e. The minimum Gasteiger partial charge on any atom is -0.464 e. The van der Waals surface area contributed by atoms with E-state index in [2.05, 4.69) is 0 Å². The lowest BCUT2D eigenvalue weighted by atomic mass is 10.1. The maximum atomic E-state index is 12.4. The molecule has 8 heteroatoms. The van der Waals surface area contributed by atoms with E-state index in [4.69, 9.17) is 4.74 Å². The van der Waals surface area contributed by atoms with Crippen LogP contribution in [0.4, 0.5) is 0 Å². The van der Waals surface area contributed by atoms with Gasteiger partial charge in [0.1, 0.15) is 6.04 Å². The Morgan fingerprint density at radius 1 is 1.18 bits per heavy atom. The molecule has 3 heterocycles. The van der Waals surface area contributed by atoms with Crippen LogP contribution < -0.4 is 0 Å². The molecule has 4 rings (SSSR count). The number of unbranched alkanes of at least 4 members (excludes halogenated alkanes) is 1. The summed E-state index contributed by atoms with van der Waals surface area (Å²) in [4.78, 5) is 51.7. The van der Waals surface area contributed by atoms with Gasteiger partial charge in [0.25, 0.3) is 11.8 Å². The average molecular weight is 402 g/mol. The highest BCUT2D eigenvalue weighted by molar-refractivity contribution is 8.01. The molecule has 0 N–H and O–H groups in total. The number of benzene rings is 1. The third-order valence-corrected chi connectivity index (χ3v) is 7.12. The number of rotatable bonds is 6. The van der Waals surface area contributed by atoms with Crippen LogP contribution in [0.15, 0.2) is 24.3 Å². The van der Waals surface area contributed by atoms with E-state index in [1.54, 1.807) is 40.9 Å². The Hall–Kier alpha value is -2.35. The lowest BCUT2D eigenvalue weighted by Crippen LogP contribution is -2.46. The van der Waals surface area contributed by atoms with Gasteiger partial charge in [-0.3, -0.25) is 19.3 Å². The van der Waals surface area contributed by atoms with E-state index in [-0.39, 0.29) is 35.2 Å². The van der Waals surface area contributed by atoms with Crippen molar-refractivity contribution in [2.45, 2.75) is 43.5 Å². The summed E-state index contributed by atoms with van der Waals surface area (Å²) in [5.74, 6) is -0.331. The van der Waals surface area contributed by atoms with Crippen LogP contribution in [-0.2, 0) is 14.3 Å². The number of hydrogen-bond acceptors (Lipinski definition) is 6. The molecule has 1 aromatic carbocycles. The number of carbonyl (C=O) groups is 4. The molecule has 0 aromatic heterocycles. The molecule has 3 amide bonds. The Morgan fingerprint density at radius 3 is 2.54 bits per heavy atom. The van der Waals surface area contributed by atoms with Crippen LogP contribution in [0.5, 0.6) is 0 Å². The summed E-state index contributed by atoms with van der Waals surface area (Å²) in [5, 5.41) is 0. The molecular formula is C20H22N2O5S. The molecule has 0 unspecified atom stereocenters. The van der Waals surface area contributed by atoms with Crippen molar-refractivity contribution < 1.29 is 23.9 Å². The Balaban J connectivity index is 1.23. The Labute approximate surface area is 167 Å². The molecule has 0 saturated carbocycles. The SMILES string of the molecule is C[C@@]12CCC(=O)N1[C@H](C(=O)OCCCCN1C(=O)c3ccccc3C1=O)CS2. The summed E-state index contributed by atoms with van der Waals surface area (Å²) in [6.07, 6.45) is 2.34. The standard InChI is InChI=1S/C20H22N2O5S/c1-20-9-8-16(23)22(20)15(12-28-20)19(26)27-11-5-4-10-21-17(24)13-6-2-3-7-14(13)18(21)25/h2-3,6-7,15H,4-5,8-12H2,1H3/t15-,20+/m0/s1. The smallest absolute Gasteiger partial charge is 0.329 e. The third-order valence-electron chi connectivity index (χ3n) is 5.62. The van der Waals surface area contributed by atoms with Crippen molar-refractivity contribution in [3.8, 4) is 0 Å². The third kappa shape index (κ3) is 3.09. The minimum absolute atomic E-state index is 0.0140. The fraction of sp³-hybridized carbons (Fsp3) is 0.500. The zero-order valence-corrected chi connectivity index (χ0v) is 16.5. The number of ether oxygens (including phenoxy) is 1. The van der Waals surface area contributed by atoms with E-state index in [9.17, 15) is 19.2 Å². The highest BCUT2D eigenvalue weighted by atomic mass is 32.2. The number of carbonyl (C=O) groups excluding carboxylic acids is 4. The molecule has 3 aliphatic heterocycles. The predicted octanol–water partition coefficient (Wildman–Crippen LogP) is 2.06. The molecule has 3 aliphatic rings. The van der Waals surface area contributed by atoms with Gasteiger partial charge >= 0.3 is 5.97 Å². The number of hydrogen-bond donors (Lipinski definition) is 0. The van der Waals surface area contributed by atoms with Gasteiger partial charge < -0.3 is 9.64 Å². The van der Waals surface area contributed by atoms with Gasteiger partial charge in [0.15, 0.2) is 0 Å². The lowest BCUT2D eigenvalue weighted by molar-refractivity contribution is -0.153. The van der Waals surface area contributed by atoms with Crippen LogP contribution in [0.3, 0.4) is 0 Å². The topological polar surface area (TPSA) is 84.0 Å². The first-order valence-corrected chi connectivity index (χ1v) is 10.5. The van der Waals surface area contributed by atoms with E-state index >= 15 is 0 Å². The van der Waals surface area contributed by atoms with E-state index in [0.29, 0.717) is 42.7 Å². The van der Waals surface area contributed by atoms with E-state index < -0.39 is 6.04 Å². The van der Waals surface area contributed by atoms with Crippen molar-refractivity contribution in [3.63, 3.8) is 0 Å². The lowest BCUT2D eigenvalue weighted by Gasteiger charge is -2.29. The van der Waals surface area contributed by atoms with Crippen LogP contribution in [0.2, 0.25) is 0 Å². The molecule has 0 bridgehead atoms. The van der Waals surface area contributed by atoms with Crippen molar-refractivity contribution >= 4 is 35.5 Å². The molecule has 148 valence electrons. The summed E-state index contributed by atoms with van der Waals surface area (Å²) in [7, 11) is 0. The molecule has 1 aromatic rings. The van der Waals surface area contributed by atoms with Crippen molar-refractivity contribution in [1.82, 2.24) is 9.80 Å². The second-order valence-corrected chi connectivity index (χ2v) is 8.95. The number of fused-ring (bicyclic) bond motifs is 2. The Morgan fingerprint density at radius 2 is 1.86 bits per heavy atom. The number of esters is 1. The zero-order valence-electron chi connectivity index (χ0n) is 15.7. The number of thioether (sulfide) groups is 1. The van der Waals surface area contributed by atoms with Crippen LogP contribution >= 0.6 is 11.8 Å². The van der Waals surface area contributed by atoms with Gasteiger partial charge in [-0.2, -0.15) is 0 Å². The van der Waals surface area contributed by atoms with Crippen molar-refractivity contribution in [1.29, 1.82) is 0 Å². The van der Waals surface area contributed by atoms with Gasteiger partial charge in [-0.15, -0.1) is 11.8 Å². The second kappa shape index (κ2) is 7.24. The zero-order chi connectivity index (χ0) is 19.9. The summed E-state index contributed by atoms with van der Waals surface area (Å²) < 4.78 is 5.37. The maximum absolute atomic E-state index is 12.4. The van der Waals surface area contributed by atoms with Gasteiger partial charge in [-0.05, 0) is 38.3 Å². The molecule has 2 saturated heterocycles. The van der Waals surface area contributed by atoms with Gasteiger partial charge in [0.2, 0.25) is 5.91 Å². The summed E-state index contributed by atoms with van der Waals surface area (Å²) in [6, 6.07) is 6.28. The van der Waals surface area contributed by atoms with Crippen molar-refractivity contribution in [2.24, 2.45) is 0 Å². The molecule has 2 atom stereocenters. The van der Waals surface area contributed by atoms with Crippen molar-refractivity contribution in [2.75, 3.05) is 18.9 Å². The van der Waals surface area contributed by atoms with E-state index in [1.165, 1.54) is 4.90 Å². The second-order valence-electron chi connectivity index (χ2n) is 7.45. The molecular weight excluding hydrogens is 380 g/mol. The molecule has 0 aliphatic carbocycles. The fourth-order valence-electron chi connectivity index (χ4n) is 4.08.